The van der Waals surface area contributed by atoms with E-state index in [0.29, 0.717) is 6.42 Å². The van der Waals surface area contributed by atoms with Gasteiger partial charge in [-0.3, -0.25) is 0 Å². The van der Waals surface area contributed by atoms with E-state index in [9.17, 15) is 13.2 Å². The van der Waals surface area contributed by atoms with E-state index < -0.39 is 16.0 Å². The molecule has 0 saturated heterocycles. The molecule has 8 heteroatoms. The van der Waals surface area contributed by atoms with E-state index in [1.54, 1.807) is 12.3 Å². The number of esters is 1. The second-order valence-corrected chi connectivity index (χ2v) is 6.54. The highest BCUT2D eigenvalue weighted by atomic mass is 32.2. The second kappa shape index (κ2) is 6.21. The van der Waals surface area contributed by atoms with Crippen molar-refractivity contribution in [2.24, 2.45) is 0 Å². The predicted octanol–water partition coefficient (Wildman–Crippen LogP) is 1.65. The predicted molar refractivity (Wildman–Crippen MR) is 73.3 cm³/mol. The topological polar surface area (TPSA) is 85.6 Å². The van der Waals surface area contributed by atoms with Crippen molar-refractivity contribution in [3.05, 3.63) is 40.5 Å². The van der Waals surface area contributed by atoms with Crippen LogP contribution in [-0.4, -0.2) is 28.0 Å². The van der Waals surface area contributed by atoms with Gasteiger partial charge in [-0.2, -0.15) is 0 Å². The molecule has 0 spiro atoms. The fourth-order valence-corrected chi connectivity index (χ4v) is 3.96. The lowest BCUT2D eigenvalue weighted by atomic mass is 10.2. The number of methoxy groups -OCH3 is 1. The number of hydrogen-bond donors (Lipinski definition) is 1. The summed E-state index contributed by atoms with van der Waals surface area (Å²) in [6, 6.07) is 3.15. The fraction of sp³-hybridized carbons (Fsp3) is 0.250. The molecule has 108 valence electrons. The van der Waals surface area contributed by atoms with E-state index in [1.165, 1.54) is 24.8 Å². The van der Waals surface area contributed by atoms with Gasteiger partial charge in [-0.25, -0.2) is 17.9 Å². The molecule has 2 heterocycles. The molecule has 0 saturated carbocycles. The van der Waals surface area contributed by atoms with Gasteiger partial charge >= 0.3 is 5.97 Å². The molecular weight excluding hydrogens is 302 g/mol. The minimum absolute atomic E-state index is 0.0541. The summed E-state index contributed by atoms with van der Waals surface area (Å²) in [5.41, 5.74) is 0.895. The summed E-state index contributed by atoms with van der Waals surface area (Å²) >= 11 is 1.03. The Morgan fingerprint density at radius 3 is 2.90 bits per heavy atom. The van der Waals surface area contributed by atoms with Gasteiger partial charge in [0.05, 0.1) is 19.6 Å². The van der Waals surface area contributed by atoms with E-state index in [-0.39, 0.29) is 16.3 Å². The van der Waals surface area contributed by atoms with Crippen LogP contribution < -0.4 is 4.72 Å². The van der Waals surface area contributed by atoms with Crippen molar-refractivity contribution in [1.29, 1.82) is 0 Å². The number of furan rings is 1. The minimum atomic E-state index is -3.73. The lowest BCUT2D eigenvalue weighted by Gasteiger charge is -2.06. The number of carbonyl (C=O) groups excluding carboxylic acids is 1. The Hall–Kier alpha value is -1.64. The van der Waals surface area contributed by atoms with Crippen molar-refractivity contribution >= 4 is 27.3 Å². The maximum atomic E-state index is 12.1. The van der Waals surface area contributed by atoms with Crippen LogP contribution in [0.3, 0.4) is 0 Å². The Balaban J connectivity index is 2.07. The molecule has 2 rings (SSSR count). The Morgan fingerprint density at radius 2 is 2.25 bits per heavy atom. The van der Waals surface area contributed by atoms with Crippen molar-refractivity contribution in [1.82, 2.24) is 4.72 Å². The third-order valence-electron chi connectivity index (χ3n) is 2.58. The Morgan fingerprint density at radius 1 is 1.45 bits per heavy atom. The molecule has 0 aliphatic heterocycles. The van der Waals surface area contributed by atoms with E-state index in [1.807, 2.05) is 0 Å². The summed E-state index contributed by atoms with van der Waals surface area (Å²) in [6.45, 7) is 0.221. The standard InChI is InChI=1S/C12H13NO5S2/c1-17-12(14)11-10(4-7-19-11)20(15,16)13-5-2-9-3-6-18-8-9/h3-4,6-8,13H,2,5H2,1H3. The highest BCUT2D eigenvalue weighted by Gasteiger charge is 2.24. The number of hydrogen-bond acceptors (Lipinski definition) is 6. The van der Waals surface area contributed by atoms with Crippen LogP contribution in [-0.2, 0) is 21.2 Å². The van der Waals surface area contributed by atoms with Gasteiger partial charge in [0.2, 0.25) is 10.0 Å². The first-order valence-corrected chi connectivity index (χ1v) is 8.07. The number of nitrogens with one attached hydrogen (secondary N) is 1. The van der Waals surface area contributed by atoms with Gasteiger partial charge in [-0.15, -0.1) is 11.3 Å². The molecule has 0 amide bonds. The zero-order valence-electron chi connectivity index (χ0n) is 10.7. The normalized spacial score (nSPS) is 11.4. The molecule has 0 unspecified atom stereocenters. The molecule has 0 aliphatic rings. The molecule has 0 fully saturated rings. The average Bonchev–Trinajstić information content (AvgIpc) is 3.08. The summed E-state index contributed by atoms with van der Waals surface area (Å²) < 4.78 is 36.2. The fourth-order valence-electron chi connectivity index (χ4n) is 1.59. The van der Waals surface area contributed by atoms with Crippen LogP contribution in [0, 0.1) is 0 Å². The van der Waals surface area contributed by atoms with Crippen molar-refractivity contribution in [2.45, 2.75) is 11.3 Å². The van der Waals surface area contributed by atoms with Crippen molar-refractivity contribution in [3.63, 3.8) is 0 Å². The quantitative estimate of drug-likeness (QED) is 0.819. The SMILES string of the molecule is COC(=O)c1sccc1S(=O)(=O)NCCc1ccoc1. The van der Waals surface area contributed by atoms with Crippen LogP contribution in [0.2, 0.25) is 0 Å². The third-order valence-corrected chi connectivity index (χ3v) is 5.10. The van der Waals surface area contributed by atoms with Gasteiger partial charge in [0, 0.05) is 6.54 Å². The Bertz CT molecular complexity index is 673. The molecule has 1 N–H and O–H groups in total. The molecule has 0 aliphatic carbocycles. The van der Waals surface area contributed by atoms with Crippen LogP contribution >= 0.6 is 11.3 Å². The van der Waals surface area contributed by atoms with Crippen LogP contribution in [0.15, 0.2) is 39.4 Å². The first kappa shape index (κ1) is 14.8. The monoisotopic (exact) mass is 315 g/mol. The lowest BCUT2D eigenvalue weighted by Crippen LogP contribution is -2.26. The number of sulfonamides is 1. The number of ether oxygens (including phenoxy) is 1. The van der Waals surface area contributed by atoms with E-state index >= 15 is 0 Å². The molecule has 0 atom stereocenters. The Kier molecular flexibility index (Phi) is 4.58. The van der Waals surface area contributed by atoms with Gasteiger partial charge in [-0.1, -0.05) is 0 Å². The molecule has 6 nitrogen and oxygen atoms in total. The molecule has 0 aromatic carbocycles. The van der Waals surface area contributed by atoms with Crippen molar-refractivity contribution in [2.75, 3.05) is 13.7 Å². The number of thiophene rings is 1. The second-order valence-electron chi connectivity index (χ2n) is 3.88. The van der Waals surface area contributed by atoms with Crippen LogP contribution in [0.4, 0.5) is 0 Å². The largest absolute Gasteiger partial charge is 0.472 e. The first-order chi connectivity index (χ1) is 9.54. The summed E-state index contributed by atoms with van der Waals surface area (Å²) in [5, 5.41) is 1.54. The van der Waals surface area contributed by atoms with Gasteiger partial charge < -0.3 is 9.15 Å². The summed E-state index contributed by atoms with van der Waals surface area (Å²) in [7, 11) is -2.51. The maximum Gasteiger partial charge on any atom is 0.349 e. The van der Waals surface area contributed by atoms with Gasteiger partial charge in [-0.05, 0) is 29.5 Å². The van der Waals surface area contributed by atoms with Crippen molar-refractivity contribution < 1.29 is 22.4 Å². The summed E-state index contributed by atoms with van der Waals surface area (Å²) in [4.78, 5) is 11.5. The number of carbonyl (C=O) groups is 1. The molecule has 0 radical (unpaired) electrons. The molecule has 0 bridgehead atoms. The molecule has 2 aromatic rings. The lowest BCUT2D eigenvalue weighted by molar-refractivity contribution is 0.0602. The van der Waals surface area contributed by atoms with Gasteiger partial charge in [0.15, 0.2) is 0 Å². The van der Waals surface area contributed by atoms with E-state index in [0.717, 1.165) is 16.9 Å². The summed E-state index contributed by atoms with van der Waals surface area (Å²) in [6.07, 6.45) is 3.59. The van der Waals surface area contributed by atoms with Gasteiger partial charge in [0.1, 0.15) is 9.77 Å². The molecular formula is C12H13NO5S2. The van der Waals surface area contributed by atoms with Gasteiger partial charge in [0.25, 0.3) is 0 Å². The minimum Gasteiger partial charge on any atom is -0.472 e. The van der Waals surface area contributed by atoms with Crippen molar-refractivity contribution in [3.8, 4) is 0 Å². The molecule has 2 aromatic heterocycles. The van der Waals surface area contributed by atoms with E-state index in [4.69, 9.17) is 4.42 Å². The van der Waals surface area contributed by atoms with Crippen LogP contribution in [0.5, 0.6) is 0 Å². The smallest absolute Gasteiger partial charge is 0.349 e. The molecule has 20 heavy (non-hydrogen) atoms. The Labute approximate surface area is 120 Å². The number of rotatable bonds is 6. The van der Waals surface area contributed by atoms with E-state index in [2.05, 4.69) is 9.46 Å². The highest BCUT2D eigenvalue weighted by molar-refractivity contribution is 7.89. The maximum absolute atomic E-state index is 12.1. The zero-order chi connectivity index (χ0) is 14.6. The van der Waals surface area contributed by atoms with Crippen LogP contribution in [0.1, 0.15) is 15.2 Å². The average molecular weight is 315 g/mol. The zero-order valence-corrected chi connectivity index (χ0v) is 12.3. The highest BCUT2D eigenvalue weighted by Crippen LogP contribution is 2.22. The summed E-state index contributed by atoms with van der Waals surface area (Å²) in [5.74, 6) is -0.657. The first-order valence-electron chi connectivity index (χ1n) is 5.71. The third kappa shape index (κ3) is 3.27. The van der Waals surface area contributed by atoms with Crippen LogP contribution in [0.25, 0.3) is 0 Å².